The van der Waals surface area contributed by atoms with Crippen molar-refractivity contribution in [2.45, 2.75) is 23.8 Å². The average molecular weight is 433 g/mol. The predicted octanol–water partition coefficient (Wildman–Crippen LogP) is 2.16. The number of ether oxygens (including phenoxy) is 3. The molecule has 9 heteroatoms. The standard InChI is InChI=1S/C21H23NO7S/c23-20(16-5-2-1-3-6-16)28-13-14-29-21(24)17-8-10-19(11-9-17)30(25,26)22-15-18-7-4-12-27-18/h1-3,5-6,8-11,18,22H,4,7,12-15H2. The van der Waals surface area contributed by atoms with Gasteiger partial charge in [-0.05, 0) is 49.2 Å². The molecule has 1 aliphatic heterocycles. The van der Waals surface area contributed by atoms with Crippen molar-refractivity contribution >= 4 is 22.0 Å². The molecule has 1 atom stereocenters. The molecule has 0 amide bonds. The summed E-state index contributed by atoms with van der Waals surface area (Å²) in [7, 11) is -3.69. The van der Waals surface area contributed by atoms with Crippen LogP contribution in [0, 0.1) is 0 Å². The van der Waals surface area contributed by atoms with Crippen LogP contribution in [0.1, 0.15) is 33.6 Å². The molecule has 0 spiro atoms. The van der Waals surface area contributed by atoms with Crippen LogP contribution in [0.5, 0.6) is 0 Å². The van der Waals surface area contributed by atoms with E-state index in [1.807, 2.05) is 0 Å². The van der Waals surface area contributed by atoms with Gasteiger partial charge in [-0.1, -0.05) is 18.2 Å². The van der Waals surface area contributed by atoms with Gasteiger partial charge in [0.15, 0.2) is 0 Å². The summed E-state index contributed by atoms with van der Waals surface area (Å²) >= 11 is 0. The zero-order chi connectivity index (χ0) is 21.4. The van der Waals surface area contributed by atoms with Gasteiger partial charge >= 0.3 is 11.9 Å². The molecule has 0 radical (unpaired) electrons. The Kier molecular flexibility index (Phi) is 7.56. The van der Waals surface area contributed by atoms with Crippen molar-refractivity contribution in [1.29, 1.82) is 0 Å². The van der Waals surface area contributed by atoms with E-state index < -0.39 is 22.0 Å². The van der Waals surface area contributed by atoms with Gasteiger partial charge in [0.2, 0.25) is 10.0 Å². The minimum atomic E-state index is -3.69. The Balaban J connectivity index is 1.44. The third-order valence-electron chi connectivity index (χ3n) is 4.48. The van der Waals surface area contributed by atoms with Gasteiger partial charge in [0.25, 0.3) is 0 Å². The largest absolute Gasteiger partial charge is 0.458 e. The van der Waals surface area contributed by atoms with Crippen LogP contribution in [-0.2, 0) is 24.2 Å². The van der Waals surface area contributed by atoms with Gasteiger partial charge in [0.05, 0.1) is 22.1 Å². The zero-order valence-corrected chi connectivity index (χ0v) is 17.1. The SMILES string of the molecule is O=C(OCCOC(=O)c1ccc(S(=O)(=O)NCC2CCCO2)cc1)c1ccccc1. The molecule has 8 nitrogen and oxygen atoms in total. The Morgan fingerprint density at radius 2 is 1.53 bits per heavy atom. The summed E-state index contributed by atoms with van der Waals surface area (Å²) in [4.78, 5) is 23.9. The molecule has 1 aliphatic rings. The quantitative estimate of drug-likeness (QED) is 0.477. The summed E-state index contributed by atoms with van der Waals surface area (Å²) in [5.41, 5.74) is 0.608. The van der Waals surface area contributed by atoms with Crippen LogP contribution in [0.2, 0.25) is 0 Å². The number of hydrogen-bond acceptors (Lipinski definition) is 7. The lowest BCUT2D eigenvalue weighted by atomic mass is 10.2. The summed E-state index contributed by atoms with van der Waals surface area (Å²) in [5, 5.41) is 0. The first-order chi connectivity index (χ1) is 14.5. The maximum atomic E-state index is 12.3. The van der Waals surface area contributed by atoms with Crippen molar-refractivity contribution in [3.05, 3.63) is 65.7 Å². The summed E-state index contributed by atoms with van der Waals surface area (Å²) in [6.45, 7) is 0.669. The molecule has 1 unspecified atom stereocenters. The second-order valence-corrected chi connectivity index (χ2v) is 8.42. The number of esters is 2. The van der Waals surface area contributed by atoms with E-state index in [4.69, 9.17) is 14.2 Å². The molecule has 0 aromatic heterocycles. The van der Waals surface area contributed by atoms with Crippen molar-refractivity contribution in [2.75, 3.05) is 26.4 Å². The molecule has 160 valence electrons. The van der Waals surface area contributed by atoms with E-state index in [1.54, 1.807) is 30.3 Å². The number of hydrogen-bond donors (Lipinski definition) is 1. The van der Waals surface area contributed by atoms with E-state index in [-0.39, 0.29) is 36.3 Å². The van der Waals surface area contributed by atoms with Crippen LogP contribution >= 0.6 is 0 Å². The second kappa shape index (κ2) is 10.3. The fourth-order valence-electron chi connectivity index (χ4n) is 2.87. The molecule has 2 aromatic rings. The average Bonchev–Trinajstić information content (AvgIpc) is 3.29. The minimum absolute atomic E-state index is 0.0499. The van der Waals surface area contributed by atoms with Crippen LogP contribution in [0.4, 0.5) is 0 Å². The zero-order valence-electron chi connectivity index (χ0n) is 16.3. The van der Waals surface area contributed by atoms with Crippen LogP contribution in [0.3, 0.4) is 0 Å². The number of carbonyl (C=O) groups is 2. The highest BCUT2D eigenvalue weighted by atomic mass is 32.2. The lowest BCUT2D eigenvalue weighted by Gasteiger charge is -2.11. The second-order valence-electron chi connectivity index (χ2n) is 6.65. The van der Waals surface area contributed by atoms with Gasteiger partial charge in [-0.25, -0.2) is 22.7 Å². The summed E-state index contributed by atoms with van der Waals surface area (Å²) in [5.74, 6) is -1.14. The van der Waals surface area contributed by atoms with E-state index in [2.05, 4.69) is 4.72 Å². The van der Waals surface area contributed by atoms with Crippen LogP contribution < -0.4 is 4.72 Å². The summed E-state index contributed by atoms with van der Waals surface area (Å²) in [6.07, 6.45) is 1.65. The first-order valence-electron chi connectivity index (χ1n) is 9.56. The molecule has 30 heavy (non-hydrogen) atoms. The number of rotatable bonds is 9. The highest BCUT2D eigenvalue weighted by molar-refractivity contribution is 7.89. The molecule has 0 saturated carbocycles. The van der Waals surface area contributed by atoms with Crippen LogP contribution in [0.15, 0.2) is 59.5 Å². The molecule has 1 fully saturated rings. The van der Waals surface area contributed by atoms with E-state index in [1.165, 1.54) is 24.3 Å². The van der Waals surface area contributed by atoms with Gasteiger partial charge in [-0.15, -0.1) is 0 Å². The highest BCUT2D eigenvalue weighted by Crippen LogP contribution is 2.14. The lowest BCUT2D eigenvalue weighted by Crippen LogP contribution is -2.31. The summed E-state index contributed by atoms with van der Waals surface area (Å²) < 4.78 is 42.7. The molecule has 1 heterocycles. The van der Waals surface area contributed by atoms with E-state index in [9.17, 15) is 18.0 Å². The van der Waals surface area contributed by atoms with E-state index in [0.717, 1.165) is 12.8 Å². The van der Waals surface area contributed by atoms with Crippen molar-refractivity contribution in [3.63, 3.8) is 0 Å². The van der Waals surface area contributed by atoms with Crippen LogP contribution in [0.25, 0.3) is 0 Å². The molecule has 1 saturated heterocycles. The Morgan fingerprint density at radius 1 is 0.933 bits per heavy atom. The van der Waals surface area contributed by atoms with E-state index >= 15 is 0 Å². The normalized spacial score (nSPS) is 16.2. The molecular weight excluding hydrogens is 410 g/mol. The third-order valence-corrected chi connectivity index (χ3v) is 5.92. The highest BCUT2D eigenvalue weighted by Gasteiger charge is 2.20. The molecule has 1 N–H and O–H groups in total. The van der Waals surface area contributed by atoms with Gasteiger partial charge in [0.1, 0.15) is 13.2 Å². The first-order valence-corrected chi connectivity index (χ1v) is 11.0. The monoisotopic (exact) mass is 433 g/mol. The Labute approximate surface area is 175 Å². The first kappa shape index (κ1) is 21.9. The fourth-order valence-corrected chi connectivity index (χ4v) is 3.94. The number of carbonyl (C=O) groups excluding carboxylic acids is 2. The van der Waals surface area contributed by atoms with Gasteiger partial charge in [-0.3, -0.25) is 0 Å². The smallest absolute Gasteiger partial charge is 0.338 e. The van der Waals surface area contributed by atoms with Gasteiger partial charge in [0, 0.05) is 13.2 Å². The Hall–Kier alpha value is -2.75. The number of benzene rings is 2. The maximum Gasteiger partial charge on any atom is 0.338 e. The van der Waals surface area contributed by atoms with Crippen molar-refractivity contribution in [3.8, 4) is 0 Å². The minimum Gasteiger partial charge on any atom is -0.458 e. The maximum absolute atomic E-state index is 12.3. The number of nitrogens with one attached hydrogen (secondary N) is 1. The van der Waals surface area contributed by atoms with Crippen molar-refractivity contribution < 1.29 is 32.2 Å². The third kappa shape index (κ3) is 6.12. The van der Waals surface area contributed by atoms with Crippen molar-refractivity contribution in [2.24, 2.45) is 0 Å². The fraction of sp³-hybridized carbons (Fsp3) is 0.333. The van der Waals surface area contributed by atoms with Crippen molar-refractivity contribution in [1.82, 2.24) is 4.72 Å². The molecule has 2 aromatic carbocycles. The predicted molar refractivity (Wildman–Crippen MR) is 108 cm³/mol. The molecule has 3 rings (SSSR count). The molecule has 0 aliphatic carbocycles. The lowest BCUT2D eigenvalue weighted by molar-refractivity contribution is 0.0265. The molecular formula is C21H23NO7S. The van der Waals surface area contributed by atoms with Crippen LogP contribution in [-0.4, -0.2) is 52.8 Å². The molecule has 0 bridgehead atoms. The summed E-state index contributed by atoms with van der Waals surface area (Å²) in [6, 6.07) is 13.9. The van der Waals surface area contributed by atoms with Gasteiger partial charge in [-0.2, -0.15) is 0 Å². The van der Waals surface area contributed by atoms with Gasteiger partial charge < -0.3 is 14.2 Å². The Morgan fingerprint density at radius 3 is 2.10 bits per heavy atom. The number of sulfonamides is 1. The van der Waals surface area contributed by atoms with E-state index in [0.29, 0.717) is 12.2 Å². The Bertz CT molecular complexity index is 953. The topological polar surface area (TPSA) is 108 Å².